The van der Waals surface area contributed by atoms with Crippen LogP contribution in [0.25, 0.3) is 0 Å². The fourth-order valence-corrected chi connectivity index (χ4v) is 3.15. The van der Waals surface area contributed by atoms with E-state index in [-0.39, 0.29) is 5.78 Å². The first kappa shape index (κ1) is 15.4. The average Bonchev–Trinajstić information content (AvgIpc) is 2.41. The lowest BCUT2D eigenvalue weighted by atomic mass is 10.1. The Hall–Kier alpha value is -1.04. The van der Waals surface area contributed by atoms with Gasteiger partial charge in [-0.3, -0.25) is 13.9 Å². The Balaban J connectivity index is 2.12. The molecule has 110 valence electrons. The average molecular weight is 294 g/mol. The Kier molecular flexibility index (Phi) is 5.07. The zero-order valence-corrected chi connectivity index (χ0v) is 13.2. The van der Waals surface area contributed by atoms with Crippen LogP contribution in [0.4, 0.5) is 0 Å². The topological polar surface area (TPSA) is 40.6 Å². The Labute approximate surface area is 123 Å². The van der Waals surface area contributed by atoms with E-state index in [1.807, 2.05) is 25.1 Å². The molecule has 4 nitrogen and oxygen atoms in total. The Morgan fingerprint density at radius 2 is 1.90 bits per heavy atom. The van der Waals surface area contributed by atoms with Crippen molar-refractivity contribution < 1.29 is 9.00 Å². The fourth-order valence-electron chi connectivity index (χ4n) is 2.41. The lowest BCUT2D eigenvalue weighted by Gasteiger charge is -2.31. The van der Waals surface area contributed by atoms with Crippen LogP contribution >= 0.6 is 0 Å². The van der Waals surface area contributed by atoms with Crippen molar-refractivity contribution >= 4 is 16.6 Å². The van der Waals surface area contributed by atoms with Crippen LogP contribution in [-0.4, -0.2) is 65.8 Å². The van der Waals surface area contributed by atoms with Gasteiger partial charge in [-0.1, -0.05) is 11.6 Å². The molecule has 1 aliphatic rings. The molecule has 0 bridgehead atoms. The highest BCUT2D eigenvalue weighted by Gasteiger charge is 2.20. The number of piperazine rings is 1. The molecule has 1 aromatic rings. The van der Waals surface area contributed by atoms with Gasteiger partial charge in [0.2, 0.25) is 0 Å². The van der Waals surface area contributed by atoms with E-state index in [1.54, 1.807) is 6.26 Å². The van der Waals surface area contributed by atoms with Gasteiger partial charge < -0.3 is 4.90 Å². The minimum atomic E-state index is -1.13. The minimum Gasteiger partial charge on any atom is -0.304 e. The van der Waals surface area contributed by atoms with Crippen molar-refractivity contribution in [2.75, 3.05) is 46.0 Å². The molecular weight excluding hydrogens is 272 g/mol. The van der Waals surface area contributed by atoms with Crippen LogP contribution in [0.2, 0.25) is 0 Å². The predicted octanol–water partition coefficient (Wildman–Crippen LogP) is 1.16. The molecule has 0 N–H and O–H groups in total. The molecule has 1 saturated heterocycles. The number of hydrogen-bond donors (Lipinski definition) is 0. The van der Waals surface area contributed by atoms with Gasteiger partial charge in [0.1, 0.15) is 0 Å². The monoisotopic (exact) mass is 294 g/mol. The van der Waals surface area contributed by atoms with Crippen molar-refractivity contribution in [3.05, 3.63) is 29.3 Å². The van der Waals surface area contributed by atoms with Gasteiger partial charge in [0, 0.05) is 42.9 Å². The molecule has 0 radical (unpaired) electrons. The summed E-state index contributed by atoms with van der Waals surface area (Å²) in [4.78, 5) is 17.6. The molecule has 1 aromatic carbocycles. The Morgan fingerprint density at radius 1 is 1.25 bits per heavy atom. The molecule has 1 fully saturated rings. The third-order valence-electron chi connectivity index (χ3n) is 3.71. The molecule has 0 spiro atoms. The van der Waals surface area contributed by atoms with E-state index in [2.05, 4.69) is 16.8 Å². The summed E-state index contributed by atoms with van der Waals surface area (Å²) in [7, 11) is 0.966. The summed E-state index contributed by atoms with van der Waals surface area (Å²) in [5.74, 6) is 0.0726. The van der Waals surface area contributed by atoms with Gasteiger partial charge >= 0.3 is 0 Å². The van der Waals surface area contributed by atoms with E-state index < -0.39 is 10.8 Å². The first-order valence-corrected chi connectivity index (χ1v) is 8.41. The molecule has 1 aliphatic heterocycles. The van der Waals surface area contributed by atoms with Crippen LogP contribution < -0.4 is 0 Å². The van der Waals surface area contributed by atoms with Crippen molar-refractivity contribution in [1.82, 2.24) is 9.80 Å². The van der Waals surface area contributed by atoms with E-state index in [0.29, 0.717) is 17.0 Å². The molecule has 0 aliphatic carbocycles. The van der Waals surface area contributed by atoms with E-state index in [9.17, 15) is 9.00 Å². The fraction of sp³-hybridized carbons (Fsp3) is 0.533. The normalized spacial score (nSPS) is 18.9. The van der Waals surface area contributed by atoms with Gasteiger partial charge in [0.15, 0.2) is 5.78 Å². The second kappa shape index (κ2) is 6.61. The standard InChI is InChI=1S/C15H22N2O2S/c1-12-4-5-15(20(3)19)13(10-12)14(18)11-17-8-6-16(2)7-9-17/h4-5,10H,6-9,11H2,1-3H3. The smallest absolute Gasteiger partial charge is 0.178 e. The summed E-state index contributed by atoms with van der Waals surface area (Å²) < 4.78 is 11.8. The number of aryl methyl sites for hydroxylation is 1. The summed E-state index contributed by atoms with van der Waals surface area (Å²) in [6.07, 6.45) is 1.62. The largest absolute Gasteiger partial charge is 0.304 e. The van der Waals surface area contributed by atoms with Gasteiger partial charge in [-0.2, -0.15) is 0 Å². The maximum Gasteiger partial charge on any atom is 0.178 e. The van der Waals surface area contributed by atoms with Crippen LogP contribution in [0, 0.1) is 6.92 Å². The van der Waals surface area contributed by atoms with Gasteiger partial charge in [-0.15, -0.1) is 0 Å². The SMILES string of the molecule is Cc1ccc(S(C)=O)c(C(=O)CN2CCN(C)CC2)c1. The third-order valence-corrected chi connectivity index (χ3v) is 4.68. The number of carbonyl (C=O) groups is 1. The molecule has 1 heterocycles. The maximum absolute atomic E-state index is 12.5. The van der Waals surface area contributed by atoms with Gasteiger partial charge in [0.05, 0.1) is 17.3 Å². The van der Waals surface area contributed by atoms with Gasteiger partial charge in [-0.05, 0) is 26.1 Å². The summed E-state index contributed by atoms with van der Waals surface area (Å²) in [5, 5.41) is 0. The number of likely N-dealkylation sites (N-methyl/N-ethyl adjacent to an activating group) is 1. The van der Waals surface area contributed by atoms with Crippen LogP contribution in [0.1, 0.15) is 15.9 Å². The van der Waals surface area contributed by atoms with Crippen LogP contribution in [0.5, 0.6) is 0 Å². The summed E-state index contributed by atoms with van der Waals surface area (Å²) in [5.41, 5.74) is 1.64. The molecule has 2 rings (SSSR count). The second-order valence-corrected chi connectivity index (χ2v) is 6.80. The van der Waals surface area contributed by atoms with E-state index in [0.717, 1.165) is 31.7 Å². The van der Waals surface area contributed by atoms with E-state index >= 15 is 0 Å². The van der Waals surface area contributed by atoms with Crippen LogP contribution in [0.3, 0.4) is 0 Å². The lowest BCUT2D eigenvalue weighted by Crippen LogP contribution is -2.46. The van der Waals surface area contributed by atoms with E-state index in [4.69, 9.17) is 0 Å². The molecule has 1 atom stereocenters. The first-order valence-electron chi connectivity index (χ1n) is 6.85. The Morgan fingerprint density at radius 3 is 2.50 bits per heavy atom. The van der Waals surface area contributed by atoms with E-state index in [1.165, 1.54) is 0 Å². The number of Topliss-reactive ketones (excluding diaryl/α,β-unsaturated/α-hetero) is 1. The molecule has 0 amide bonds. The molecule has 20 heavy (non-hydrogen) atoms. The minimum absolute atomic E-state index is 0.0726. The van der Waals surface area contributed by atoms with Gasteiger partial charge in [-0.25, -0.2) is 0 Å². The Bertz CT molecular complexity index is 523. The number of nitrogens with zero attached hydrogens (tertiary/aromatic N) is 2. The van der Waals surface area contributed by atoms with Crippen molar-refractivity contribution in [1.29, 1.82) is 0 Å². The quantitative estimate of drug-likeness (QED) is 0.782. The van der Waals surface area contributed by atoms with Crippen molar-refractivity contribution in [3.63, 3.8) is 0 Å². The first-order chi connectivity index (χ1) is 9.47. The molecule has 1 unspecified atom stereocenters. The maximum atomic E-state index is 12.5. The number of carbonyl (C=O) groups excluding carboxylic acids is 1. The third kappa shape index (κ3) is 3.75. The van der Waals surface area contributed by atoms with Crippen molar-refractivity contribution in [2.24, 2.45) is 0 Å². The summed E-state index contributed by atoms with van der Waals surface area (Å²) >= 11 is 0. The molecule has 0 saturated carbocycles. The highest BCUT2D eigenvalue weighted by atomic mass is 32.2. The summed E-state index contributed by atoms with van der Waals surface area (Å²) in [6.45, 7) is 6.19. The van der Waals surface area contributed by atoms with Crippen molar-refractivity contribution in [3.8, 4) is 0 Å². The number of ketones is 1. The van der Waals surface area contributed by atoms with Crippen LogP contribution in [0.15, 0.2) is 23.1 Å². The number of hydrogen-bond acceptors (Lipinski definition) is 4. The highest BCUT2D eigenvalue weighted by molar-refractivity contribution is 7.84. The van der Waals surface area contributed by atoms with Crippen molar-refractivity contribution in [2.45, 2.75) is 11.8 Å². The molecule has 0 aromatic heterocycles. The second-order valence-electron chi connectivity index (χ2n) is 5.46. The van der Waals surface area contributed by atoms with Gasteiger partial charge in [0.25, 0.3) is 0 Å². The zero-order chi connectivity index (χ0) is 14.7. The zero-order valence-electron chi connectivity index (χ0n) is 12.4. The van der Waals surface area contributed by atoms with Crippen LogP contribution in [-0.2, 0) is 10.8 Å². The lowest BCUT2D eigenvalue weighted by molar-refractivity contribution is 0.0873. The molecule has 5 heteroatoms. The highest BCUT2D eigenvalue weighted by Crippen LogP contribution is 2.16. The molecular formula is C15H22N2O2S. The predicted molar refractivity (Wildman–Crippen MR) is 81.8 cm³/mol. The number of benzene rings is 1. The summed E-state index contributed by atoms with van der Waals surface area (Å²) in [6, 6.07) is 5.57. The number of rotatable bonds is 4.